The highest BCUT2D eigenvalue weighted by Crippen LogP contribution is 2.36. The topological polar surface area (TPSA) is 74.7 Å². The van der Waals surface area contributed by atoms with Crippen molar-refractivity contribution in [1.29, 1.82) is 0 Å². The molecule has 1 aromatic rings. The summed E-state index contributed by atoms with van der Waals surface area (Å²) >= 11 is 6.12. The molecule has 0 radical (unpaired) electrons. The molecule has 0 bridgehead atoms. The molecule has 0 spiro atoms. The summed E-state index contributed by atoms with van der Waals surface area (Å²) in [6, 6.07) is 1.44. The van der Waals surface area contributed by atoms with Gasteiger partial charge in [0.05, 0.1) is 10.9 Å². The van der Waals surface area contributed by atoms with E-state index in [1.54, 1.807) is 0 Å². The lowest BCUT2D eigenvalue weighted by Gasteiger charge is -2.35. The Kier molecular flexibility index (Phi) is 4.46. The molecule has 116 valence electrons. The van der Waals surface area contributed by atoms with Gasteiger partial charge in [-0.1, -0.05) is 16.8 Å². The second-order valence-electron chi connectivity index (χ2n) is 4.81. The van der Waals surface area contributed by atoms with Crippen LogP contribution in [0.15, 0.2) is 17.4 Å². The molecule has 1 aromatic heterocycles. The number of piperidine rings is 1. The van der Waals surface area contributed by atoms with Crippen LogP contribution in [0.2, 0.25) is 5.02 Å². The lowest BCUT2D eigenvalue weighted by molar-refractivity contribution is -0.176. The monoisotopic (exact) mass is 322 g/mol. The average molecular weight is 323 g/mol. The molecule has 0 amide bonds. The Labute approximate surface area is 124 Å². The van der Waals surface area contributed by atoms with Gasteiger partial charge < -0.3 is 15.8 Å². The highest BCUT2D eigenvalue weighted by atomic mass is 35.5. The van der Waals surface area contributed by atoms with Crippen LogP contribution in [0.1, 0.15) is 18.4 Å². The lowest BCUT2D eigenvalue weighted by Crippen LogP contribution is -2.42. The van der Waals surface area contributed by atoms with Crippen molar-refractivity contribution in [3.8, 4) is 0 Å². The Bertz CT molecular complexity index is 550. The number of oxime groups is 1. The number of nitrogens with two attached hydrogens (primary N) is 1. The fourth-order valence-corrected chi connectivity index (χ4v) is 2.67. The zero-order valence-electron chi connectivity index (χ0n) is 10.9. The zero-order chi connectivity index (χ0) is 15.6. The molecule has 1 saturated heterocycles. The molecule has 2 rings (SSSR count). The highest BCUT2D eigenvalue weighted by Gasteiger charge is 2.42. The van der Waals surface area contributed by atoms with Crippen molar-refractivity contribution in [2.24, 2.45) is 16.8 Å². The molecule has 5 nitrogen and oxygen atoms in total. The summed E-state index contributed by atoms with van der Waals surface area (Å²) in [4.78, 5) is 5.51. The third-order valence-electron chi connectivity index (χ3n) is 3.44. The number of hydrogen-bond acceptors (Lipinski definition) is 4. The molecule has 2 heterocycles. The highest BCUT2D eigenvalue weighted by molar-refractivity contribution is 6.36. The van der Waals surface area contributed by atoms with Crippen LogP contribution in [-0.2, 0) is 0 Å². The van der Waals surface area contributed by atoms with Gasteiger partial charge in [-0.05, 0) is 18.9 Å². The summed E-state index contributed by atoms with van der Waals surface area (Å²) in [6.07, 6.45) is -2.38. The standard InChI is InChI=1S/C12H14ClF3N4O/c13-9-8(10(17)19-21)3-4-18-11(9)20-5-1-2-7(6-20)12(14,15)16/h3-4,7,21H,1-2,5-6H2,(H2,17,19). The molecule has 1 unspecified atom stereocenters. The van der Waals surface area contributed by atoms with E-state index in [0.29, 0.717) is 13.0 Å². The Balaban J connectivity index is 2.30. The molecule has 0 aliphatic carbocycles. The zero-order valence-corrected chi connectivity index (χ0v) is 11.7. The lowest BCUT2D eigenvalue weighted by atomic mass is 9.97. The minimum atomic E-state index is -4.24. The first kappa shape index (κ1) is 15.7. The maximum atomic E-state index is 12.8. The van der Waals surface area contributed by atoms with Gasteiger partial charge in [-0.15, -0.1) is 0 Å². The van der Waals surface area contributed by atoms with Gasteiger partial charge in [-0.25, -0.2) is 4.98 Å². The molecular formula is C12H14ClF3N4O. The maximum absolute atomic E-state index is 12.8. The Hall–Kier alpha value is -1.70. The van der Waals surface area contributed by atoms with Crippen LogP contribution in [0.25, 0.3) is 0 Å². The van der Waals surface area contributed by atoms with Crippen LogP contribution in [-0.4, -0.2) is 35.3 Å². The number of nitrogens with zero attached hydrogens (tertiary/aromatic N) is 3. The van der Waals surface area contributed by atoms with Gasteiger partial charge in [-0.3, -0.25) is 0 Å². The van der Waals surface area contributed by atoms with Crippen molar-refractivity contribution in [3.63, 3.8) is 0 Å². The molecule has 21 heavy (non-hydrogen) atoms. The predicted molar refractivity (Wildman–Crippen MR) is 72.7 cm³/mol. The van der Waals surface area contributed by atoms with Gasteiger partial charge in [0.1, 0.15) is 5.82 Å². The van der Waals surface area contributed by atoms with E-state index in [2.05, 4.69) is 10.1 Å². The largest absolute Gasteiger partial charge is 0.409 e. The van der Waals surface area contributed by atoms with Crippen LogP contribution >= 0.6 is 11.6 Å². The third kappa shape index (κ3) is 3.31. The second-order valence-corrected chi connectivity index (χ2v) is 5.19. The molecule has 0 aromatic carbocycles. The van der Waals surface area contributed by atoms with E-state index in [9.17, 15) is 13.2 Å². The Morgan fingerprint density at radius 1 is 1.52 bits per heavy atom. The van der Waals surface area contributed by atoms with Crippen LogP contribution in [0.3, 0.4) is 0 Å². The quantitative estimate of drug-likeness (QED) is 0.380. The maximum Gasteiger partial charge on any atom is 0.393 e. The van der Waals surface area contributed by atoms with Gasteiger partial charge in [-0.2, -0.15) is 13.2 Å². The minimum absolute atomic E-state index is 0.0793. The number of aromatic nitrogens is 1. The first-order valence-electron chi connectivity index (χ1n) is 6.28. The van der Waals surface area contributed by atoms with Crippen molar-refractivity contribution < 1.29 is 18.4 Å². The van der Waals surface area contributed by atoms with E-state index < -0.39 is 12.1 Å². The van der Waals surface area contributed by atoms with Gasteiger partial charge >= 0.3 is 6.18 Å². The van der Waals surface area contributed by atoms with E-state index >= 15 is 0 Å². The number of hydrogen-bond donors (Lipinski definition) is 2. The van der Waals surface area contributed by atoms with Crippen molar-refractivity contribution in [1.82, 2.24) is 4.98 Å². The summed E-state index contributed by atoms with van der Waals surface area (Å²) in [7, 11) is 0. The molecule has 1 atom stereocenters. The predicted octanol–water partition coefficient (Wildman–Crippen LogP) is 2.61. The second kappa shape index (κ2) is 5.97. The molecule has 3 N–H and O–H groups in total. The molecule has 1 fully saturated rings. The first-order chi connectivity index (χ1) is 9.84. The normalized spacial score (nSPS) is 20.7. The van der Waals surface area contributed by atoms with Crippen molar-refractivity contribution in [2.75, 3.05) is 18.0 Å². The van der Waals surface area contributed by atoms with E-state index in [1.165, 1.54) is 17.2 Å². The van der Waals surface area contributed by atoms with Gasteiger partial charge in [0.15, 0.2) is 5.84 Å². The first-order valence-corrected chi connectivity index (χ1v) is 6.66. The van der Waals surface area contributed by atoms with Crippen LogP contribution in [0.4, 0.5) is 19.0 Å². The van der Waals surface area contributed by atoms with E-state index in [4.69, 9.17) is 22.5 Å². The van der Waals surface area contributed by atoms with E-state index in [0.717, 1.165) is 0 Å². The fraction of sp³-hybridized carbons (Fsp3) is 0.500. The number of anilines is 1. The Morgan fingerprint density at radius 3 is 2.86 bits per heavy atom. The molecule has 0 saturated carbocycles. The number of alkyl halides is 3. The van der Waals surface area contributed by atoms with E-state index in [-0.39, 0.29) is 35.2 Å². The Morgan fingerprint density at radius 2 is 2.24 bits per heavy atom. The fourth-order valence-electron chi connectivity index (χ4n) is 2.34. The molecule has 1 aliphatic rings. The summed E-state index contributed by atoms with van der Waals surface area (Å²) in [6.45, 7) is 0.231. The molecule has 9 heteroatoms. The number of amidine groups is 1. The van der Waals surface area contributed by atoms with Crippen molar-refractivity contribution >= 4 is 23.3 Å². The van der Waals surface area contributed by atoms with Gasteiger partial charge in [0.2, 0.25) is 0 Å². The van der Waals surface area contributed by atoms with Gasteiger partial charge in [0.25, 0.3) is 0 Å². The molecule has 1 aliphatic heterocycles. The third-order valence-corrected chi connectivity index (χ3v) is 3.81. The smallest absolute Gasteiger partial charge is 0.393 e. The van der Waals surface area contributed by atoms with Crippen LogP contribution in [0.5, 0.6) is 0 Å². The summed E-state index contributed by atoms with van der Waals surface area (Å²) in [5, 5.41) is 11.6. The SMILES string of the molecule is N/C(=N/O)c1ccnc(N2CCCC(C(F)(F)F)C2)c1Cl. The number of pyridine rings is 1. The van der Waals surface area contributed by atoms with E-state index in [1.807, 2.05) is 0 Å². The number of rotatable bonds is 2. The summed E-state index contributed by atoms with van der Waals surface area (Å²) < 4.78 is 38.5. The molecular weight excluding hydrogens is 309 g/mol. The number of halogens is 4. The van der Waals surface area contributed by atoms with Crippen LogP contribution < -0.4 is 10.6 Å². The average Bonchev–Trinajstić information content (AvgIpc) is 2.46. The van der Waals surface area contributed by atoms with Crippen molar-refractivity contribution in [2.45, 2.75) is 19.0 Å². The van der Waals surface area contributed by atoms with Gasteiger partial charge in [0, 0.05) is 24.8 Å². The van der Waals surface area contributed by atoms with Crippen molar-refractivity contribution in [3.05, 3.63) is 22.8 Å². The minimum Gasteiger partial charge on any atom is -0.409 e. The summed E-state index contributed by atoms with van der Waals surface area (Å²) in [5.74, 6) is -1.40. The summed E-state index contributed by atoms with van der Waals surface area (Å²) in [5.41, 5.74) is 5.71. The van der Waals surface area contributed by atoms with Crippen LogP contribution in [0, 0.1) is 5.92 Å².